The van der Waals surface area contributed by atoms with E-state index in [9.17, 15) is 0 Å². The number of rotatable bonds is 1. The fourth-order valence-corrected chi connectivity index (χ4v) is 2.20. The quantitative estimate of drug-likeness (QED) is 0.469. The molecule has 0 N–H and O–H groups in total. The van der Waals surface area contributed by atoms with Crippen LogP contribution in [-0.4, -0.2) is 0 Å². The summed E-state index contributed by atoms with van der Waals surface area (Å²) >= 11 is 0. The zero-order valence-electron chi connectivity index (χ0n) is 6.06. The van der Waals surface area contributed by atoms with Crippen LogP contribution in [0.3, 0.4) is 0 Å². The van der Waals surface area contributed by atoms with E-state index in [1.165, 1.54) is 25.7 Å². The Bertz CT molecular complexity index is 144. The summed E-state index contributed by atoms with van der Waals surface area (Å²) in [7, 11) is 0. The second kappa shape index (κ2) is 1.86. The van der Waals surface area contributed by atoms with Crippen molar-refractivity contribution >= 4 is 0 Å². The lowest BCUT2D eigenvalue weighted by Crippen LogP contribution is -2.22. The smallest absolute Gasteiger partial charge is 0.0172 e. The van der Waals surface area contributed by atoms with E-state index >= 15 is 0 Å². The van der Waals surface area contributed by atoms with Gasteiger partial charge in [0, 0.05) is 0 Å². The number of hydrogen-bond donors (Lipinski definition) is 0. The Kier molecular flexibility index (Phi) is 1.14. The molecular formula is C9H14. The Morgan fingerprint density at radius 1 is 1.56 bits per heavy atom. The predicted octanol–water partition coefficient (Wildman–Crippen LogP) is 2.75. The zero-order chi connectivity index (χ0) is 6.27. The number of hydrogen-bond acceptors (Lipinski definition) is 0. The Morgan fingerprint density at radius 2 is 2.44 bits per heavy atom. The first-order chi connectivity index (χ1) is 4.42. The minimum Gasteiger partial charge on any atom is -0.0848 e. The van der Waals surface area contributed by atoms with Crippen LogP contribution >= 0.6 is 0 Å². The minimum absolute atomic E-state index is 1.04. The molecule has 0 aromatic carbocycles. The van der Waals surface area contributed by atoms with Gasteiger partial charge in [0.05, 0.1) is 0 Å². The SMILES string of the molecule is CCC1=CC[C@H]2CC[C@@H]12. The molecule has 2 aliphatic carbocycles. The highest BCUT2D eigenvalue weighted by atomic mass is 14.4. The molecule has 0 radical (unpaired) electrons. The van der Waals surface area contributed by atoms with Gasteiger partial charge < -0.3 is 0 Å². The molecule has 0 aromatic rings. The van der Waals surface area contributed by atoms with Gasteiger partial charge in [-0.15, -0.1) is 0 Å². The van der Waals surface area contributed by atoms with Crippen LogP contribution < -0.4 is 0 Å². The second-order valence-corrected chi connectivity index (χ2v) is 3.31. The standard InChI is InChI=1S/C9H14/c1-2-7-3-4-8-5-6-9(7)8/h3,8-9H,2,4-6H2,1H3/t8-,9-/m0/s1. The van der Waals surface area contributed by atoms with Gasteiger partial charge in [-0.2, -0.15) is 0 Å². The van der Waals surface area contributed by atoms with Gasteiger partial charge in [0.1, 0.15) is 0 Å². The van der Waals surface area contributed by atoms with Crippen LogP contribution in [0.2, 0.25) is 0 Å². The van der Waals surface area contributed by atoms with Gasteiger partial charge >= 0.3 is 0 Å². The van der Waals surface area contributed by atoms with Crippen LogP contribution in [0, 0.1) is 11.8 Å². The van der Waals surface area contributed by atoms with Crippen LogP contribution in [-0.2, 0) is 0 Å². The lowest BCUT2D eigenvalue weighted by molar-refractivity contribution is 0.235. The maximum Gasteiger partial charge on any atom is -0.0172 e. The predicted molar refractivity (Wildman–Crippen MR) is 39.2 cm³/mol. The maximum atomic E-state index is 2.47. The molecule has 9 heavy (non-hydrogen) atoms. The van der Waals surface area contributed by atoms with Crippen molar-refractivity contribution in [2.75, 3.05) is 0 Å². The molecule has 0 amide bonds. The molecule has 2 aliphatic rings. The highest BCUT2D eigenvalue weighted by molar-refractivity contribution is 5.18. The highest BCUT2D eigenvalue weighted by Gasteiger charge is 2.35. The van der Waals surface area contributed by atoms with Crippen LogP contribution in [0.4, 0.5) is 0 Å². The average Bonchev–Trinajstić information content (AvgIpc) is 2.07. The van der Waals surface area contributed by atoms with E-state index in [2.05, 4.69) is 13.0 Å². The van der Waals surface area contributed by atoms with E-state index < -0.39 is 0 Å². The van der Waals surface area contributed by atoms with Gasteiger partial charge in [0.2, 0.25) is 0 Å². The molecule has 0 aliphatic heterocycles. The van der Waals surface area contributed by atoms with E-state index in [0.717, 1.165) is 11.8 Å². The monoisotopic (exact) mass is 122 g/mol. The largest absolute Gasteiger partial charge is 0.0848 e. The lowest BCUT2D eigenvalue weighted by Gasteiger charge is -2.32. The van der Waals surface area contributed by atoms with Crippen molar-refractivity contribution < 1.29 is 0 Å². The van der Waals surface area contributed by atoms with Crippen molar-refractivity contribution in [3.05, 3.63) is 11.6 Å². The molecular weight excluding hydrogens is 108 g/mol. The molecule has 0 unspecified atom stereocenters. The summed E-state index contributed by atoms with van der Waals surface area (Å²) < 4.78 is 0. The van der Waals surface area contributed by atoms with E-state index in [4.69, 9.17) is 0 Å². The van der Waals surface area contributed by atoms with Crippen molar-refractivity contribution in [2.24, 2.45) is 11.8 Å². The molecule has 0 spiro atoms. The molecule has 1 saturated carbocycles. The van der Waals surface area contributed by atoms with Crippen molar-refractivity contribution in [3.8, 4) is 0 Å². The fraction of sp³-hybridized carbons (Fsp3) is 0.778. The third kappa shape index (κ3) is 0.654. The summed E-state index contributed by atoms with van der Waals surface area (Å²) in [4.78, 5) is 0. The first-order valence-corrected chi connectivity index (χ1v) is 4.10. The fourth-order valence-electron chi connectivity index (χ4n) is 2.20. The van der Waals surface area contributed by atoms with E-state index in [-0.39, 0.29) is 0 Å². The van der Waals surface area contributed by atoms with Crippen LogP contribution in [0.15, 0.2) is 11.6 Å². The van der Waals surface area contributed by atoms with Crippen molar-refractivity contribution in [2.45, 2.75) is 32.6 Å². The Hall–Kier alpha value is -0.260. The Labute approximate surface area is 57.0 Å². The zero-order valence-corrected chi connectivity index (χ0v) is 6.06. The van der Waals surface area contributed by atoms with Gasteiger partial charge in [-0.3, -0.25) is 0 Å². The van der Waals surface area contributed by atoms with Gasteiger partial charge in [0.15, 0.2) is 0 Å². The van der Waals surface area contributed by atoms with Gasteiger partial charge in [-0.1, -0.05) is 18.6 Å². The molecule has 0 heteroatoms. The summed E-state index contributed by atoms with van der Waals surface area (Å²) in [5.41, 5.74) is 1.76. The molecule has 0 nitrogen and oxygen atoms in total. The summed E-state index contributed by atoms with van der Waals surface area (Å²) in [5.74, 6) is 2.12. The van der Waals surface area contributed by atoms with Crippen molar-refractivity contribution in [3.63, 3.8) is 0 Å². The van der Waals surface area contributed by atoms with E-state index in [0.29, 0.717) is 0 Å². The van der Waals surface area contributed by atoms with E-state index in [1.54, 1.807) is 5.57 Å². The highest BCUT2D eigenvalue weighted by Crippen LogP contribution is 2.47. The van der Waals surface area contributed by atoms with Crippen LogP contribution in [0.1, 0.15) is 32.6 Å². The topological polar surface area (TPSA) is 0 Å². The lowest BCUT2D eigenvalue weighted by atomic mass is 9.73. The number of allylic oxidation sites excluding steroid dienone is 2. The Balaban J connectivity index is 2.08. The van der Waals surface area contributed by atoms with Crippen LogP contribution in [0.5, 0.6) is 0 Å². The number of fused-ring (bicyclic) bond motifs is 1. The average molecular weight is 122 g/mol. The molecule has 0 aromatic heterocycles. The third-order valence-electron chi connectivity index (χ3n) is 2.98. The van der Waals surface area contributed by atoms with Gasteiger partial charge in [0.25, 0.3) is 0 Å². The molecule has 0 heterocycles. The molecule has 1 fully saturated rings. The molecule has 2 rings (SSSR count). The summed E-state index contributed by atoms with van der Waals surface area (Å²) in [6.45, 7) is 2.28. The van der Waals surface area contributed by atoms with Gasteiger partial charge in [-0.25, -0.2) is 0 Å². The van der Waals surface area contributed by atoms with Crippen molar-refractivity contribution in [1.29, 1.82) is 0 Å². The first kappa shape index (κ1) is 5.52. The Morgan fingerprint density at radius 3 is 2.78 bits per heavy atom. The van der Waals surface area contributed by atoms with E-state index in [1.807, 2.05) is 0 Å². The van der Waals surface area contributed by atoms with Crippen molar-refractivity contribution in [1.82, 2.24) is 0 Å². The molecule has 50 valence electrons. The second-order valence-electron chi connectivity index (χ2n) is 3.31. The summed E-state index contributed by atoms with van der Waals surface area (Å²) in [5, 5.41) is 0. The first-order valence-electron chi connectivity index (χ1n) is 4.10. The third-order valence-corrected chi connectivity index (χ3v) is 2.98. The molecule has 2 atom stereocenters. The minimum atomic E-state index is 1.04. The van der Waals surface area contributed by atoms with Gasteiger partial charge in [-0.05, 0) is 37.5 Å². The normalized spacial score (nSPS) is 39.4. The molecule has 0 bridgehead atoms. The summed E-state index contributed by atoms with van der Waals surface area (Å²) in [6.07, 6.45) is 8.17. The summed E-state index contributed by atoms with van der Waals surface area (Å²) in [6, 6.07) is 0. The van der Waals surface area contributed by atoms with Crippen LogP contribution in [0.25, 0.3) is 0 Å². The maximum absolute atomic E-state index is 2.47. The molecule has 0 saturated heterocycles.